The predicted octanol–water partition coefficient (Wildman–Crippen LogP) is 11.9. The van der Waals surface area contributed by atoms with Crippen LogP contribution in [0.3, 0.4) is 0 Å². The van der Waals surface area contributed by atoms with Crippen molar-refractivity contribution in [1.29, 1.82) is 0 Å². The molecule has 2 aromatic carbocycles. The van der Waals surface area contributed by atoms with E-state index in [0.717, 1.165) is 22.2 Å². The van der Waals surface area contributed by atoms with Gasteiger partial charge in [0.2, 0.25) is 0 Å². The van der Waals surface area contributed by atoms with Crippen molar-refractivity contribution in [3.8, 4) is 0 Å². The van der Waals surface area contributed by atoms with Gasteiger partial charge in [-0.15, -0.1) is 0 Å². The first kappa shape index (κ1) is 41.3. The van der Waals surface area contributed by atoms with Crippen molar-refractivity contribution in [2.24, 2.45) is 0 Å². The third-order valence-electron chi connectivity index (χ3n) is 12.3. The second-order valence-corrected chi connectivity index (χ2v) is 70.8. The number of benzene rings is 2. The van der Waals surface area contributed by atoms with Gasteiger partial charge >= 0.3 is 0 Å². The molecule has 3 aliphatic heterocycles. The van der Waals surface area contributed by atoms with E-state index in [-0.39, 0.29) is 0 Å². The van der Waals surface area contributed by atoms with E-state index in [1.54, 1.807) is 11.1 Å². The Kier molecular flexibility index (Phi) is 10.6. The minimum Gasteiger partial charge on any atom is -0.0693 e. The van der Waals surface area contributed by atoms with Crippen LogP contribution < -0.4 is 10.4 Å². The maximum atomic E-state index is 2.87. The summed E-state index contributed by atoms with van der Waals surface area (Å²) in [6, 6.07) is 19.8. The van der Waals surface area contributed by atoms with E-state index in [4.69, 9.17) is 0 Å². The Balaban J connectivity index is 1.86. The van der Waals surface area contributed by atoms with E-state index in [0.29, 0.717) is 0 Å². The van der Waals surface area contributed by atoms with Crippen LogP contribution in [0.5, 0.6) is 0 Å². The summed E-state index contributed by atoms with van der Waals surface area (Å²) in [5.41, 5.74) is 15.2. The molecule has 0 bridgehead atoms. The van der Waals surface area contributed by atoms with Crippen molar-refractivity contribution in [2.45, 2.75) is 190 Å². The molecule has 0 radical (unpaired) electrons. The molecule has 3 saturated heterocycles. The SMILES string of the molecule is CC1C2C3C(C)[Si]3(c3c(C[Si](C)(C)C)cc(C[Si](C)(C)C)cc3C[Si](C)(C)C)[Si]12c1c(C[Si](C)(C)C)cc(C[Si](C)(C)C)cc1C[Si](C)(C)C. The highest BCUT2D eigenvalue weighted by atomic mass is 29.3. The van der Waals surface area contributed by atoms with Crippen LogP contribution >= 0.6 is 0 Å². The maximum absolute atomic E-state index is 2.87. The lowest BCUT2D eigenvalue weighted by molar-refractivity contribution is 0.863. The smallest absolute Gasteiger partial charge is 0.0693 e. The van der Waals surface area contributed by atoms with Crippen molar-refractivity contribution < 1.29 is 0 Å². The molecule has 0 N–H and O–H groups in total. The van der Waals surface area contributed by atoms with Crippen LogP contribution in [-0.4, -0.2) is 63.6 Å². The number of hydrogen-bond donors (Lipinski definition) is 0. The van der Waals surface area contributed by atoms with E-state index in [9.17, 15) is 0 Å². The molecule has 50 heavy (non-hydrogen) atoms. The second kappa shape index (κ2) is 12.9. The highest BCUT2D eigenvalue weighted by Crippen LogP contribution is 2.95. The van der Waals surface area contributed by atoms with E-state index < -0.39 is 63.6 Å². The summed E-state index contributed by atoms with van der Waals surface area (Å²) >= 11 is 0. The van der Waals surface area contributed by atoms with Gasteiger partial charge in [-0.2, -0.15) is 0 Å². The molecular weight excluding hydrogens is 729 g/mol. The number of rotatable bonds is 14. The molecule has 6 atom stereocenters. The Labute approximate surface area is 319 Å². The van der Waals surface area contributed by atoms with Gasteiger partial charge in [0.25, 0.3) is 0 Å². The summed E-state index contributed by atoms with van der Waals surface area (Å²) in [7, 11) is -11.2. The fourth-order valence-electron chi connectivity index (χ4n) is 11.8. The third-order valence-corrected chi connectivity index (χ3v) is 42.6. The molecule has 6 unspecified atom stereocenters. The Morgan fingerprint density at radius 3 is 0.740 bits per heavy atom. The van der Waals surface area contributed by atoms with Crippen molar-refractivity contribution in [3.63, 3.8) is 0 Å². The van der Waals surface area contributed by atoms with Crippen LogP contribution in [0.2, 0.25) is 140 Å². The van der Waals surface area contributed by atoms with Crippen LogP contribution in [0.25, 0.3) is 0 Å². The maximum Gasteiger partial charge on any atom is 0.0925 e. The molecule has 0 nitrogen and oxygen atoms in total. The van der Waals surface area contributed by atoms with Gasteiger partial charge in [-0.05, 0) is 58.4 Å². The Hall–Kier alpha value is 0.175. The monoisotopic (exact) mass is 808 g/mol. The van der Waals surface area contributed by atoms with E-state index in [1.165, 1.54) is 36.3 Å². The molecule has 3 aliphatic rings. The largest absolute Gasteiger partial charge is 0.0925 e. The van der Waals surface area contributed by atoms with Gasteiger partial charge in [-0.3, -0.25) is 0 Å². The van der Waals surface area contributed by atoms with Gasteiger partial charge in [0.1, 0.15) is 0 Å². The Morgan fingerprint density at radius 1 is 0.360 bits per heavy atom. The predicted molar refractivity (Wildman–Crippen MR) is 252 cm³/mol. The van der Waals surface area contributed by atoms with Gasteiger partial charge in [0, 0.05) is 48.4 Å². The first-order valence-electron chi connectivity index (χ1n) is 20.6. The van der Waals surface area contributed by atoms with Gasteiger partial charge in [0.15, 0.2) is 0 Å². The van der Waals surface area contributed by atoms with Gasteiger partial charge in [0.05, 0.1) is 15.2 Å². The molecule has 0 aromatic heterocycles. The summed E-state index contributed by atoms with van der Waals surface area (Å²) in [6.07, 6.45) is 0. The topological polar surface area (TPSA) is 0 Å². The van der Waals surface area contributed by atoms with Gasteiger partial charge in [-0.25, -0.2) is 0 Å². The van der Waals surface area contributed by atoms with Gasteiger partial charge < -0.3 is 0 Å². The zero-order chi connectivity index (χ0) is 38.0. The Bertz CT molecular complexity index is 1420. The molecule has 0 amide bonds. The van der Waals surface area contributed by atoms with Crippen molar-refractivity contribution in [2.75, 3.05) is 0 Å². The summed E-state index contributed by atoms with van der Waals surface area (Å²) in [5, 5.41) is 4.24. The van der Waals surface area contributed by atoms with E-state index in [2.05, 4.69) is 166 Å². The molecule has 5 rings (SSSR count). The molecule has 3 fully saturated rings. The third kappa shape index (κ3) is 8.08. The minimum atomic E-state index is -1.71. The summed E-state index contributed by atoms with van der Waals surface area (Å²) in [5.74, 6) is 0. The van der Waals surface area contributed by atoms with E-state index >= 15 is 0 Å². The zero-order valence-electron chi connectivity index (χ0n) is 36.9. The molecule has 8 heteroatoms. The quantitative estimate of drug-likeness (QED) is 0.167. The summed E-state index contributed by atoms with van der Waals surface area (Å²) in [4.78, 5) is 0. The molecule has 280 valence electrons. The number of hydrogen-bond acceptors (Lipinski definition) is 0. The lowest BCUT2D eigenvalue weighted by atomic mass is 10.1. The number of fused-ring (bicyclic) bond motifs is 4. The molecular formula is C42H80Si8. The summed E-state index contributed by atoms with van der Waals surface area (Å²) < 4.78 is 0. The lowest BCUT2D eigenvalue weighted by Crippen LogP contribution is -2.69. The highest BCUT2D eigenvalue weighted by molar-refractivity contribution is 7.66. The lowest BCUT2D eigenvalue weighted by Gasteiger charge is -2.43. The van der Waals surface area contributed by atoms with Crippen molar-refractivity contribution >= 4 is 74.0 Å². The highest BCUT2D eigenvalue weighted by Gasteiger charge is 3.00. The van der Waals surface area contributed by atoms with Crippen molar-refractivity contribution in [3.05, 3.63) is 57.6 Å². The first-order valence-corrected chi connectivity index (χ1v) is 48.2. The van der Waals surface area contributed by atoms with Crippen LogP contribution in [-0.2, 0) is 36.3 Å². The molecule has 0 saturated carbocycles. The second-order valence-electron chi connectivity index (χ2n) is 25.4. The molecule has 2 aromatic rings. The standard InChI is InChI=1S/C42H80Si8/c1-31-39-40-32(2)50(40,42-37(29-47(15,16)17)23-34(26-44(6,7)8)24-38(42)30-48(18,19)20)49(31,39)41-35(27-45(9,10)11)21-33(25-43(3,4)5)22-36(41)28-46(12,13)14/h21-24,31-32,39-40H,25-30H2,1-20H3. The van der Waals surface area contributed by atoms with Crippen LogP contribution in [0.1, 0.15) is 47.2 Å². The van der Waals surface area contributed by atoms with Crippen LogP contribution in [0.15, 0.2) is 24.3 Å². The van der Waals surface area contributed by atoms with Crippen LogP contribution in [0, 0.1) is 0 Å². The summed E-state index contributed by atoms with van der Waals surface area (Å²) in [6.45, 7) is 53.2. The first-order chi connectivity index (χ1) is 22.3. The van der Waals surface area contributed by atoms with Gasteiger partial charge in [-0.1, -0.05) is 200 Å². The molecule has 3 heterocycles. The fraction of sp³-hybridized carbons (Fsp3) is 0.714. The average Bonchev–Trinajstić information content (AvgIpc) is 3.54. The zero-order valence-corrected chi connectivity index (χ0v) is 44.9. The minimum absolute atomic E-state index is 1.00. The molecule has 0 aliphatic carbocycles. The molecule has 0 spiro atoms. The van der Waals surface area contributed by atoms with E-state index in [1.807, 2.05) is 22.3 Å². The average molecular weight is 810 g/mol. The fourth-order valence-corrected chi connectivity index (χ4v) is 51.4. The Morgan fingerprint density at radius 2 is 0.560 bits per heavy atom. The van der Waals surface area contributed by atoms with Crippen LogP contribution in [0.4, 0.5) is 0 Å². The normalized spacial score (nSPS) is 28.2. The van der Waals surface area contributed by atoms with Crippen molar-refractivity contribution in [1.82, 2.24) is 0 Å².